The lowest BCUT2D eigenvalue weighted by Gasteiger charge is -2.06. The van der Waals surface area contributed by atoms with Gasteiger partial charge in [0.2, 0.25) is 0 Å². The van der Waals surface area contributed by atoms with Crippen molar-refractivity contribution in [3.8, 4) is 0 Å². The summed E-state index contributed by atoms with van der Waals surface area (Å²) in [5.41, 5.74) is 0.988. The van der Waals surface area contributed by atoms with Gasteiger partial charge < -0.3 is 5.11 Å². The summed E-state index contributed by atoms with van der Waals surface area (Å²) < 4.78 is 1.83. The third-order valence-electron chi connectivity index (χ3n) is 2.32. The van der Waals surface area contributed by atoms with Crippen molar-refractivity contribution in [3.63, 3.8) is 0 Å². The Morgan fingerprint density at radius 3 is 2.75 bits per heavy atom. The topological polar surface area (TPSA) is 63.8 Å². The van der Waals surface area contributed by atoms with E-state index in [0.717, 1.165) is 12.1 Å². The second-order valence-electron chi connectivity index (χ2n) is 3.53. The Labute approximate surface area is 93.8 Å². The predicted molar refractivity (Wildman–Crippen MR) is 58.6 cm³/mol. The molecule has 0 bridgehead atoms. The lowest BCUT2D eigenvalue weighted by molar-refractivity contribution is 0.168. The Bertz CT molecular complexity index is 440. The molecule has 1 atom stereocenters. The zero-order valence-corrected chi connectivity index (χ0v) is 9.11. The molecule has 2 rings (SSSR count). The maximum absolute atomic E-state index is 9.89. The van der Waals surface area contributed by atoms with Crippen LogP contribution in [0.3, 0.4) is 0 Å². The Morgan fingerprint density at radius 1 is 1.38 bits per heavy atom. The van der Waals surface area contributed by atoms with Gasteiger partial charge in [0.25, 0.3) is 0 Å². The zero-order valence-electron chi connectivity index (χ0n) is 9.11. The fraction of sp³-hybridized carbons (Fsp3) is 0.364. The van der Waals surface area contributed by atoms with Crippen LogP contribution in [0.2, 0.25) is 0 Å². The minimum absolute atomic E-state index is 0.451. The second-order valence-corrected chi connectivity index (χ2v) is 3.53. The molecule has 0 radical (unpaired) electrons. The van der Waals surface area contributed by atoms with E-state index < -0.39 is 6.10 Å². The van der Waals surface area contributed by atoms with Crippen molar-refractivity contribution in [3.05, 3.63) is 42.2 Å². The molecular formula is C11H14N4O. The van der Waals surface area contributed by atoms with E-state index in [1.807, 2.05) is 17.8 Å². The average Bonchev–Trinajstić information content (AvgIpc) is 2.78. The maximum atomic E-state index is 9.89. The number of nitrogens with zero attached hydrogens (tertiary/aromatic N) is 4. The summed E-state index contributed by atoms with van der Waals surface area (Å²) in [6, 6.07) is 1.73. The van der Waals surface area contributed by atoms with Crippen LogP contribution >= 0.6 is 0 Å². The summed E-state index contributed by atoms with van der Waals surface area (Å²) in [7, 11) is 0. The first kappa shape index (κ1) is 10.8. The first-order chi connectivity index (χ1) is 7.79. The lowest BCUT2D eigenvalue weighted by atomic mass is 10.1. The molecule has 1 N–H and O–H groups in total. The number of aliphatic hydroxyl groups is 1. The third kappa shape index (κ3) is 2.43. The van der Waals surface area contributed by atoms with Gasteiger partial charge in [0, 0.05) is 31.6 Å². The summed E-state index contributed by atoms with van der Waals surface area (Å²) in [5.74, 6) is 0.451. The van der Waals surface area contributed by atoms with Crippen LogP contribution in [0.15, 0.2) is 30.9 Å². The van der Waals surface area contributed by atoms with Gasteiger partial charge in [-0.15, -0.1) is 0 Å². The molecule has 0 amide bonds. The summed E-state index contributed by atoms with van der Waals surface area (Å²) in [6.07, 6.45) is 6.75. The highest BCUT2D eigenvalue weighted by Crippen LogP contribution is 2.13. The minimum Gasteiger partial charge on any atom is -0.385 e. The van der Waals surface area contributed by atoms with E-state index in [-0.39, 0.29) is 0 Å². The summed E-state index contributed by atoms with van der Waals surface area (Å²) >= 11 is 0. The standard InChI is InChI=1S/C11H14N4O/c1-2-15-8-9(7-14-15)6-10(16)11-12-4-3-5-13-11/h3-5,7-8,10,16H,2,6H2,1H3. The number of aliphatic hydroxyl groups excluding tert-OH is 1. The van der Waals surface area contributed by atoms with Gasteiger partial charge in [-0.25, -0.2) is 9.97 Å². The summed E-state index contributed by atoms with van der Waals surface area (Å²) in [6.45, 7) is 2.85. The molecule has 2 heterocycles. The largest absolute Gasteiger partial charge is 0.385 e. The Balaban J connectivity index is 2.05. The minimum atomic E-state index is -0.671. The molecule has 0 aliphatic rings. The van der Waals surface area contributed by atoms with E-state index in [2.05, 4.69) is 15.1 Å². The van der Waals surface area contributed by atoms with Crippen molar-refractivity contribution in [1.82, 2.24) is 19.7 Å². The Morgan fingerprint density at radius 2 is 2.12 bits per heavy atom. The van der Waals surface area contributed by atoms with Gasteiger partial charge in [0.05, 0.1) is 6.20 Å². The fourth-order valence-corrected chi connectivity index (χ4v) is 1.48. The molecule has 0 spiro atoms. The first-order valence-electron chi connectivity index (χ1n) is 5.26. The van der Waals surface area contributed by atoms with E-state index in [4.69, 9.17) is 0 Å². The smallest absolute Gasteiger partial charge is 0.157 e. The predicted octanol–water partition coefficient (Wildman–Crippen LogP) is 0.969. The lowest BCUT2D eigenvalue weighted by Crippen LogP contribution is -2.05. The van der Waals surface area contributed by atoms with Gasteiger partial charge in [0.15, 0.2) is 5.82 Å². The molecule has 2 aromatic heterocycles. The number of rotatable bonds is 4. The van der Waals surface area contributed by atoms with Gasteiger partial charge in [-0.2, -0.15) is 5.10 Å². The van der Waals surface area contributed by atoms with Gasteiger partial charge in [-0.3, -0.25) is 4.68 Å². The van der Waals surface area contributed by atoms with Gasteiger partial charge >= 0.3 is 0 Å². The highest BCUT2D eigenvalue weighted by molar-refractivity contribution is 5.08. The van der Waals surface area contributed by atoms with E-state index >= 15 is 0 Å². The Kier molecular flexibility index (Phi) is 3.26. The van der Waals surface area contributed by atoms with Crippen LogP contribution in [0.4, 0.5) is 0 Å². The van der Waals surface area contributed by atoms with E-state index in [1.165, 1.54) is 0 Å². The number of hydrogen-bond donors (Lipinski definition) is 1. The van der Waals surface area contributed by atoms with Crippen LogP contribution in [0, 0.1) is 0 Å². The highest BCUT2D eigenvalue weighted by Gasteiger charge is 2.11. The second kappa shape index (κ2) is 4.85. The van der Waals surface area contributed by atoms with Crippen LogP contribution in [0.25, 0.3) is 0 Å². The average molecular weight is 218 g/mol. The van der Waals surface area contributed by atoms with Crippen molar-refractivity contribution >= 4 is 0 Å². The van der Waals surface area contributed by atoms with Crippen molar-refractivity contribution < 1.29 is 5.11 Å². The molecule has 0 aliphatic heterocycles. The molecule has 16 heavy (non-hydrogen) atoms. The van der Waals surface area contributed by atoms with Crippen LogP contribution in [0.1, 0.15) is 24.4 Å². The SMILES string of the molecule is CCn1cc(CC(O)c2ncccn2)cn1. The molecule has 2 aromatic rings. The number of aryl methyl sites for hydroxylation is 1. The molecular weight excluding hydrogens is 204 g/mol. The fourth-order valence-electron chi connectivity index (χ4n) is 1.48. The number of hydrogen-bond acceptors (Lipinski definition) is 4. The molecule has 84 valence electrons. The molecule has 5 heteroatoms. The van der Waals surface area contributed by atoms with E-state index in [9.17, 15) is 5.11 Å². The molecule has 5 nitrogen and oxygen atoms in total. The van der Waals surface area contributed by atoms with Crippen LogP contribution in [-0.2, 0) is 13.0 Å². The van der Waals surface area contributed by atoms with Crippen LogP contribution in [0.5, 0.6) is 0 Å². The van der Waals surface area contributed by atoms with E-state index in [1.54, 1.807) is 24.7 Å². The summed E-state index contributed by atoms with van der Waals surface area (Å²) in [4.78, 5) is 8.03. The number of aromatic nitrogens is 4. The molecule has 0 aliphatic carbocycles. The molecule has 1 unspecified atom stereocenters. The molecule has 0 aromatic carbocycles. The molecule has 0 saturated heterocycles. The normalized spacial score (nSPS) is 12.6. The summed E-state index contributed by atoms with van der Waals surface area (Å²) in [5, 5.41) is 14.0. The third-order valence-corrected chi connectivity index (χ3v) is 2.32. The zero-order chi connectivity index (χ0) is 11.4. The van der Waals surface area contributed by atoms with Crippen molar-refractivity contribution in [1.29, 1.82) is 0 Å². The van der Waals surface area contributed by atoms with Crippen molar-refractivity contribution in [2.45, 2.75) is 26.0 Å². The first-order valence-corrected chi connectivity index (χ1v) is 5.26. The maximum Gasteiger partial charge on any atom is 0.157 e. The highest BCUT2D eigenvalue weighted by atomic mass is 16.3. The van der Waals surface area contributed by atoms with E-state index in [0.29, 0.717) is 12.2 Å². The monoisotopic (exact) mass is 218 g/mol. The van der Waals surface area contributed by atoms with Crippen LogP contribution in [-0.4, -0.2) is 24.9 Å². The Hall–Kier alpha value is -1.75. The molecule has 0 saturated carbocycles. The van der Waals surface area contributed by atoms with Gasteiger partial charge in [0.1, 0.15) is 6.10 Å². The molecule has 0 fully saturated rings. The van der Waals surface area contributed by atoms with Crippen molar-refractivity contribution in [2.75, 3.05) is 0 Å². The quantitative estimate of drug-likeness (QED) is 0.830. The van der Waals surface area contributed by atoms with Crippen molar-refractivity contribution in [2.24, 2.45) is 0 Å². The van der Waals surface area contributed by atoms with Gasteiger partial charge in [-0.1, -0.05) is 0 Å². The van der Waals surface area contributed by atoms with Gasteiger partial charge in [-0.05, 0) is 18.6 Å². The van der Waals surface area contributed by atoms with Crippen LogP contribution < -0.4 is 0 Å².